The molecule has 0 amide bonds. The number of ether oxygens (including phenoxy) is 2. The van der Waals surface area contributed by atoms with Crippen molar-refractivity contribution in [2.45, 2.75) is 33.5 Å². The Labute approximate surface area is 190 Å². The van der Waals surface area contributed by atoms with E-state index in [9.17, 15) is 9.18 Å². The van der Waals surface area contributed by atoms with E-state index < -0.39 is 0 Å². The number of hydrogen-bond acceptors (Lipinski definition) is 5. The van der Waals surface area contributed by atoms with Crippen LogP contribution in [-0.4, -0.2) is 21.1 Å². The first kappa shape index (κ1) is 21.2. The number of aromatic nitrogens is 3. The van der Waals surface area contributed by atoms with Crippen molar-refractivity contribution in [3.8, 4) is 11.5 Å². The lowest BCUT2D eigenvalue weighted by molar-refractivity contribution is 0.174. The summed E-state index contributed by atoms with van der Waals surface area (Å²) in [6.45, 7) is 5.41. The average Bonchev–Trinajstić information content (AvgIpc) is 3.33. The molecule has 170 valence electrons. The summed E-state index contributed by atoms with van der Waals surface area (Å²) in [6.07, 6.45) is 0. The van der Waals surface area contributed by atoms with Gasteiger partial charge in [-0.2, -0.15) is 5.10 Å². The van der Waals surface area contributed by atoms with Crippen molar-refractivity contribution in [1.29, 1.82) is 0 Å². The van der Waals surface area contributed by atoms with Crippen LogP contribution in [-0.2, 0) is 26.7 Å². The van der Waals surface area contributed by atoms with E-state index in [4.69, 9.17) is 9.47 Å². The third-order valence-electron chi connectivity index (χ3n) is 6.17. The Morgan fingerprint density at radius 2 is 1.88 bits per heavy atom. The molecule has 1 aliphatic rings. The van der Waals surface area contributed by atoms with Crippen LogP contribution in [0.5, 0.6) is 11.5 Å². The van der Waals surface area contributed by atoms with Crippen LogP contribution in [0.1, 0.15) is 28.1 Å². The number of nitrogens with one attached hydrogen (secondary N) is 1. The fourth-order valence-corrected chi connectivity index (χ4v) is 4.33. The largest absolute Gasteiger partial charge is 0.454 e. The Bertz CT molecular complexity index is 1420. The lowest BCUT2D eigenvalue weighted by Gasteiger charge is -2.15. The predicted molar refractivity (Wildman–Crippen MR) is 123 cm³/mol. The third kappa shape index (κ3) is 3.98. The molecule has 0 fully saturated rings. The summed E-state index contributed by atoms with van der Waals surface area (Å²) in [7, 11) is 1.92. The SMILES string of the molecule is Cc1nn(C)c(C)c1CNCc1cc2cc3c(cc2n(Cc2cccc(F)c2)c1=O)OCO3. The summed E-state index contributed by atoms with van der Waals surface area (Å²) in [5.74, 6) is 0.921. The second-order valence-electron chi connectivity index (χ2n) is 8.33. The number of hydrogen-bond donors (Lipinski definition) is 1. The Morgan fingerprint density at radius 3 is 2.61 bits per heavy atom. The van der Waals surface area contributed by atoms with E-state index in [0.29, 0.717) is 35.7 Å². The van der Waals surface area contributed by atoms with Crippen molar-refractivity contribution >= 4 is 10.9 Å². The van der Waals surface area contributed by atoms with Crippen molar-refractivity contribution in [2.24, 2.45) is 7.05 Å². The lowest BCUT2D eigenvalue weighted by atomic mass is 10.1. The number of benzene rings is 2. The third-order valence-corrected chi connectivity index (χ3v) is 6.17. The molecule has 0 saturated carbocycles. The molecule has 0 atom stereocenters. The molecule has 4 aromatic rings. The highest BCUT2D eigenvalue weighted by Gasteiger charge is 2.18. The Kier molecular flexibility index (Phi) is 5.38. The second kappa shape index (κ2) is 8.37. The summed E-state index contributed by atoms with van der Waals surface area (Å²) >= 11 is 0. The first-order valence-electron chi connectivity index (χ1n) is 10.8. The topological polar surface area (TPSA) is 70.3 Å². The Hall–Kier alpha value is -3.65. The standard InChI is InChI=1S/C25H25FN4O3/c1-15-21(16(2)29(3)28-15)12-27-11-19-8-18-9-23-24(33-14-32-23)10-22(18)30(25(19)31)13-17-5-4-6-20(26)7-17/h4-10,27H,11-14H2,1-3H3. The molecule has 2 aromatic heterocycles. The molecule has 0 spiro atoms. The molecular weight excluding hydrogens is 423 g/mol. The van der Waals surface area contributed by atoms with Crippen molar-refractivity contribution in [2.75, 3.05) is 6.79 Å². The molecule has 2 aromatic carbocycles. The van der Waals surface area contributed by atoms with Crippen LogP contribution in [0.25, 0.3) is 10.9 Å². The zero-order valence-corrected chi connectivity index (χ0v) is 18.8. The summed E-state index contributed by atoms with van der Waals surface area (Å²) in [6, 6.07) is 11.9. The predicted octanol–water partition coefficient (Wildman–Crippen LogP) is 3.56. The number of nitrogens with zero attached hydrogens (tertiary/aromatic N) is 3. The minimum atomic E-state index is -0.331. The molecule has 0 unspecified atom stereocenters. The molecule has 33 heavy (non-hydrogen) atoms. The fraction of sp³-hybridized carbons (Fsp3) is 0.280. The Morgan fingerprint density at radius 1 is 1.09 bits per heavy atom. The second-order valence-corrected chi connectivity index (χ2v) is 8.33. The van der Waals surface area contributed by atoms with Crippen LogP contribution in [0.15, 0.2) is 47.3 Å². The highest BCUT2D eigenvalue weighted by molar-refractivity contribution is 5.84. The van der Waals surface area contributed by atoms with Gasteiger partial charge in [-0.1, -0.05) is 12.1 Å². The summed E-state index contributed by atoms with van der Waals surface area (Å²) < 4.78 is 28.4. The van der Waals surface area contributed by atoms with Gasteiger partial charge in [-0.25, -0.2) is 4.39 Å². The molecule has 0 aliphatic carbocycles. The van der Waals surface area contributed by atoms with Crippen molar-refractivity contribution in [1.82, 2.24) is 19.7 Å². The maximum absolute atomic E-state index is 13.8. The van der Waals surface area contributed by atoms with E-state index >= 15 is 0 Å². The quantitative estimate of drug-likeness (QED) is 0.489. The van der Waals surface area contributed by atoms with Crippen LogP contribution in [0.2, 0.25) is 0 Å². The molecule has 0 bridgehead atoms. The van der Waals surface area contributed by atoms with E-state index in [1.165, 1.54) is 12.1 Å². The van der Waals surface area contributed by atoms with Gasteiger partial charge in [-0.3, -0.25) is 9.48 Å². The van der Waals surface area contributed by atoms with Gasteiger partial charge in [0.2, 0.25) is 6.79 Å². The average molecular weight is 448 g/mol. The van der Waals surface area contributed by atoms with Crippen LogP contribution in [0.3, 0.4) is 0 Å². The van der Waals surface area contributed by atoms with Crippen molar-refractivity contribution in [3.63, 3.8) is 0 Å². The minimum Gasteiger partial charge on any atom is -0.454 e. The number of halogens is 1. The maximum atomic E-state index is 13.8. The van der Waals surface area contributed by atoms with Gasteiger partial charge in [-0.05, 0) is 43.7 Å². The highest BCUT2D eigenvalue weighted by Crippen LogP contribution is 2.36. The van der Waals surface area contributed by atoms with Crippen LogP contribution in [0.4, 0.5) is 4.39 Å². The molecule has 7 nitrogen and oxygen atoms in total. The van der Waals surface area contributed by atoms with Gasteiger partial charge in [0, 0.05) is 48.4 Å². The molecule has 1 aliphatic heterocycles. The molecule has 0 saturated heterocycles. The monoisotopic (exact) mass is 448 g/mol. The van der Waals surface area contributed by atoms with E-state index in [0.717, 1.165) is 27.9 Å². The first-order chi connectivity index (χ1) is 15.9. The maximum Gasteiger partial charge on any atom is 0.255 e. The van der Waals surface area contributed by atoms with Crippen molar-refractivity contribution in [3.05, 3.63) is 86.7 Å². The normalized spacial score (nSPS) is 12.6. The van der Waals surface area contributed by atoms with Gasteiger partial charge in [0.1, 0.15) is 5.82 Å². The summed E-state index contributed by atoms with van der Waals surface area (Å²) in [5.41, 5.74) is 5.11. The molecule has 3 heterocycles. The van der Waals surface area contributed by atoms with Crippen molar-refractivity contribution < 1.29 is 13.9 Å². The molecule has 1 N–H and O–H groups in total. The lowest BCUT2D eigenvalue weighted by Crippen LogP contribution is -2.28. The number of fused-ring (bicyclic) bond motifs is 2. The first-order valence-corrected chi connectivity index (χ1v) is 10.8. The number of pyridine rings is 1. The smallest absolute Gasteiger partial charge is 0.255 e. The van der Waals surface area contributed by atoms with Crippen LogP contribution < -0.4 is 20.3 Å². The van der Waals surface area contributed by atoms with E-state index in [1.807, 2.05) is 49.8 Å². The van der Waals surface area contributed by atoms with Gasteiger partial charge in [-0.15, -0.1) is 0 Å². The van der Waals surface area contributed by atoms with Gasteiger partial charge >= 0.3 is 0 Å². The Balaban J connectivity index is 1.52. The molecule has 0 radical (unpaired) electrons. The summed E-state index contributed by atoms with van der Waals surface area (Å²) in [5, 5.41) is 8.70. The minimum absolute atomic E-state index is 0.127. The molecule has 8 heteroatoms. The zero-order valence-electron chi connectivity index (χ0n) is 18.8. The fourth-order valence-electron chi connectivity index (χ4n) is 4.33. The summed E-state index contributed by atoms with van der Waals surface area (Å²) in [4.78, 5) is 13.5. The molecular formula is C25H25FN4O3. The van der Waals surface area contributed by atoms with Gasteiger partial charge in [0.05, 0.1) is 17.8 Å². The van der Waals surface area contributed by atoms with Crippen LogP contribution >= 0.6 is 0 Å². The number of aryl methyl sites for hydroxylation is 2. The van der Waals surface area contributed by atoms with E-state index in [1.54, 1.807) is 10.6 Å². The number of rotatable bonds is 6. The molecule has 5 rings (SSSR count). The zero-order chi connectivity index (χ0) is 23.1. The van der Waals surface area contributed by atoms with E-state index in [-0.39, 0.29) is 24.7 Å². The van der Waals surface area contributed by atoms with Crippen LogP contribution in [0, 0.1) is 19.7 Å². The van der Waals surface area contributed by atoms with Gasteiger partial charge in [0.25, 0.3) is 5.56 Å². The van der Waals surface area contributed by atoms with E-state index in [2.05, 4.69) is 10.4 Å². The highest BCUT2D eigenvalue weighted by atomic mass is 19.1. The van der Waals surface area contributed by atoms with Gasteiger partial charge < -0.3 is 19.4 Å². The van der Waals surface area contributed by atoms with Gasteiger partial charge in [0.15, 0.2) is 11.5 Å².